The standard InChI is InChI=1S/C27H26O4/c1-3-30-25(28)27(26(29)31-4-2)17-21-15-23(19-11-7-5-8-12-19)24(16-22(21)18-27)20-13-9-6-10-14-20/h5-16H,3-4,17-18H2,1-2H3. The molecule has 4 rings (SSSR count). The largest absolute Gasteiger partial charge is 0.465 e. The van der Waals surface area contributed by atoms with Crippen LogP contribution in [0.25, 0.3) is 22.3 Å². The Hall–Kier alpha value is -3.40. The monoisotopic (exact) mass is 414 g/mol. The Morgan fingerprint density at radius 1 is 0.710 bits per heavy atom. The first kappa shape index (κ1) is 20.9. The number of carbonyl (C=O) groups is 2. The van der Waals surface area contributed by atoms with Crippen LogP contribution in [0.15, 0.2) is 72.8 Å². The van der Waals surface area contributed by atoms with Crippen LogP contribution in [0, 0.1) is 5.41 Å². The lowest BCUT2D eigenvalue weighted by molar-refractivity contribution is -0.171. The van der Waals surface area contributed by atoms with Crippen LogP contribution in [0.3, 0.4) is 0 Å². The SMILES string of the molecule is CCOC(=O)C1(C(=O)OCC)Cc2cc(-c3ccccc3)c(-c3ccccc3)cc2C1. The summed E-state index contributed by atoms with van der Waals surface area (Å²) in [5.41, 5.74) is 4.99. The van der Waals surface area contributed by atoms with Gasteiger partial charge in [0.2, 0.25) is 0 Å². The average Bonchev–Trinajstić information content (AvgIpc) is 3.20. The van der Waals surface area contributed by atoms with Crippen molar-refractivity contribution in [2.75, 3.05) is 13.2 Å². The number of esters is 2. The molecule has 3 aromatic carbocycles. The summed E-state index contributed by atoms with van der Waals surface area (Å²) in [6.45, 7) is 3.95. The first-order valence-electron chi connectivity index (χ1n) is 10.7. The van der Waals surface area contributed by atoms with Gasteiger partial charge in [0.15, 0.2) is 5.41 Å². The highest BCUT2D eigenvalue weighted by atomic mass is 16.6. The second-order valence-electron chi connectivity index (χ2n) is 7.78. The van der Waals surface area contributed by atoms with Crippen molar-refractivity contribution in [1.82, 2.24) is 0 Å². The molecule has 4 nitrogen and oxygen atoms in total. The van der Waals surface area contributed by atoms with Gasteiger partial charge in [0.25, 0.3) is 0 Å². The molecule has 0 radical (unpaired) electrons. The van der Waals surface area contributed by atoms with Crippen molar-refractivity contribution >= 4 is 11.9 Å². The fourth-order valence-corrected chi connectivity index (χ4v) is 4.35. The van der Waals surface area contributed by atoms with E-state index in [1.807, 2.05) is 36.4 Å². The van der Waals surface area contributed by atoms with Crippen molar-refractivity contribution in [2.24, 2.45) is 5.41 Å². The molecule has 0 saturated carbocycles. The molecule has 1 aliphatic rings. The lowest BCUT2D eigenvalue weighted by Gasteiger charge is -2.23. The molecule has 0 aliphatic heterocycles. The Morgan fingerprint density at radius 2 is 1.10 bits per heavy atom. The average molecular weight is 415 g/mol. The fourth-order valence-electron chi connectivity index (χ4n) is 4.35. The van der Waals surface area contributed by atoms with Gasteiger partial charge in [-0.2, -0.15) is 0 Å². The van der Waals surface area contributed by atoms with Crippen LogP contribution in [-0.4, -0.2) is 25.2 Å². The molecule has 0 saturated heterocycles. The molecule has 1 aliphatic carbocycles. The molecule has 0 aromatic heterocycles. The molecule has 158 valence electrons. The van der Waals surface area contributed by atoms with Crippen LogP contribution >= 0.6 is 0 Å². The smallest absolute Gasteiger partial charge is 0.324 e. The first-order valence-corrected chi connectivity index (χ1v) is 10.7. The summed E-state index contributed by atoms with van der Waals surface area (Å²) in [4.78, 5) is 25.9. The molecule has 4 heteroatoms. The van der Waals surface area contributed by atoms with Crippen molar-refractivity contribution in [3.63, 3.8) is 0 Å². The highest BCUT2D eigenvalue weighted by molar-refractivity contribution is 6.02. The summed E-state index contributed by atoms with van der Waals surface area (Å²) in [5, 5.41) is 0. The molecule has 0 N–H and O–H groups in total. The predicted molar refractivity (Wildman–Crippen MR) is 120 cm³/mol. The first-order chi connectivity index (χ1) is 15.1. The number of carbonyl (C=O) groups excluding carboxylic acids is 2. The van der Waals surface area contributed by atoms with Gasteiger partial charge in [0, 0.05) is 0 Å². The number of hydrogen-bond acceptors (Lipinski definition) is 4. The molecular weight excluding hydrogens is 388 g/mol. The van der Waals surface area contributed by atoms with Crippen LogP contribution in [0.2, 0.25) is 0 Å². The van der Waals surface area contributed by atoms with E-state index in [0.717, 1.165) is 33.4 Å². The van der Waals surface area contributed by atoms with Crippen molar-refractivity contribution in [2.45, 2.75) is 26.7 Å². The highest BCUT2D eigenvalue weighted by Crippen LogP contribution is 2.44. The van der Waals surface area contributed by atoms with E-state index in [1.54, 1.807) is 13.8 Å². The van der Waals surface area contributed by atoms with E-state index in [9.17, 15) is 9.59 Å². The summed E-state index contributed by atoms with van der Waals surface area (Å²) in [7, 11) is 0. The summed E-state index contributed by atoms with van der Waals surface area (Å²) in [6, 6.07) is 24.6. The van der Waals surface area contributed by atoms with Crippen molar-refractivity contribution in [3.05, 3.63) is 83.9 Å². The minimum absolute atomic E-state index is 0.223. The minimum atomic E-state index is -1.32. The van der Waals surface area contributed by atoms with Gasteiger partial charge < -0.3 is 9.47 Å². The summed E-state index contributed by atoms with van der Waals surface area (Å²) in [6.07, 6.45) is 0.573. The molecule has 0 spiro atoms. The Kier molecular flexibility index (Phi) is 5.90. The number of rotatable bonds is 6. The van der Waals surface area contributed by atoms with Gasteiger partial charge in [-0.05, 0) is 60.1 Å². The van der Waals surface area contributed by atoms with E-state index in [0.29, 0.717) is 0 Å². The van der Waals surface area contributed by atoms with Crippen LogP contribution in [0.4, 0.5) is 0 Å². The quantitative estimate of drug-likeness (QED) is 0.409. The Morgan fingerprint density at radius 3 is 1.45 bits per heavy atom. The second-order valence-corrected chi connectivity index (χ2v) is 7.78. The van der Waals surface area contributed by atoms with Crippen molar-refractivity contribution < 1.29 is 19.1 Å². The van der Waals surface area contributed by atoms with Crippen molar-refractivity contribution in [1.29, 1.82) is 0 Å². The van der Waals surface area contributed by atoms with E-state index in [1.165, 1.54) is 0 Å². The maximum absolute atomic E-state index is 12.9. The topological polar surface area (TPSA) is 52.6 Å². The third kappa shape index (κ3) is 3.86. The Balaban J connectivity index is 1.86. The highest BCUT2D eigenvalue weighted by Gasteiger charge is 2.53. The minimum Gasteiger partial charge on any atom is -0.465 e. The lowest BCUT2D eigenvalue weighted by Crippen LogP contribution is -2.43. The van der Waals surface area contributed by atoms with Crippen LogP contribution in [0.5, 0.6) is 0 Å². The molecule has 0 heterocycles. The lowest BCUT2D eigenvalue weighted by atomic mass is 9.84. The normalized spacial score (nSPS) is 14.0. The Bertz CT molecular complexity index is 998. The third-order valence-corrected chi connectivity index (χ3v) is 5.83. The van der Waals surface area contributed by atoms with Gasteiger partial charge in [-0.15, -0.1) is 0 Å². The van der Waals surface area contributed by atoms with E-state index in [2.05, 4.69) is 36.4 Å². The van der Waals surface area contributed by atoms with Gasteiger partial charge in [-0.1, -0.05) is 72.8 Å². The maximum Gasteiger partial charge on any atom is 0.324 e. The molecule has 0 unspecified atom stereocenters. The number of hydrogen-bond donors (Lipinski definition) is 0. The fraction of sp³-hybridized carbons (Fsp3) is 0.259. The molecule has 0 atom stereocenters. The Labute approximate surface area is 182 Å². The second kappa shape index (κ2) is 8.76. The maximum atomic E-state index is 12.9. The zero-order valence-corrected chi connectivity index (χ0v) is 17.9. The van der Waals surface area contributed by atoms with Gasteiger partial charge in [0.1, 0.15) is 0 Å². The number of fused-ring (bicyclic) bond motifs is 1. The van der Waals surface area contributed by atoms with Gasteiger partial charge in [-0.3, -0.25) is 9.59 Å². The molecule has 3 aromatic rings. The number of ether oxygens (including phenoxy) is 2. The molecule has 31 heavy (non-hydrogen) atoms. The van der Waals surface area contributed by atoms with Crippen LogP contribution < -0.4 is 0 Å². The van der Waals surface area contributed by atoms with E-state index in [4.69, 9.17) is 9.47 Å². The molecular formula is C27H26O4. The third-order valence-electron chi connectivity index (χ3n) is 5.83. The van der Waals surface area contributed by atoms with Crippen LogP contribution in [0.1, 0.15) is 25.0 Å². The number of benzene rings is 3. The zero-order valence-electron chi connectivity index (χ0n) is 17.9. The van der Waals surface area contributed by atoms with Gasteiger partial charge in [-0.25, -0.2) is 0 Å². The van der Waals surface area contributed by atoms with E-state index in [-0.39, 0.29) is 26.1 Å². The van der Waals surface area contributed by atoms with E-state index < -0.39 is 17.4 Å². The van der Waals surface area contributed by atoms with Crippen molar-refractivity contribution in [3.8, 4) is 22.3 Å². The summed E-state index contributed by atoms with van der Waals surface area (Å²) in [5.74, 6) is -1.01. The van der Waals surface area contributed by atoms with E-state index >= 15 is 0 Å². The molecule has 0 bridgehead atoms. The molecule has 0 fully saturated rings. The predicted octanol–water partition coefficient (Wildman–Crippen LogP) is 5.23. The van der Waals surface area contributed by atoms with Gasteiger partial charge >= 0.3 is 11.9 Å². The molecule has 0 amide bonds. The summed E-state index contributed by atoms with van der Waals surface area (Å²) >= 11 is 0. The van der Waals surface area contributed by atoms with Crippen LogP contribution in [-0.2, 0) is 31.9 Å². The zero-order chi connectivity index (χ0) is 21.8. The van der Waals surface area contributed by atoms with Gasteiger partial charge in [0.05, 0.1) is 13.2 Å². The summed E-state index contributed by atoms with van der Waals surface area (Å²) < 4.78 is 10.6.